The number of aromatic amines is 1. The summed E-state index contributed by atoms with van der Waals surface area (Å²) in [7, 11) is 0. The van der Waals surface area contributed by atoms with Gasteiger partial charge < -0.3 is 15.6 Å². The number of fused-ring (bicyclic) bond motifs is 1. The molecule has 9 heteroatoms. The number of carbonyl (C=O) groups excluding carboxylic acids is 3. The van der Waals surface area contributed by atoms with Gasteiger partial charge in [-0.15, -0.1) is 0 Å². The van der Waals surface area contributed by atoms with Crippen LogP contribution in [0.25, 0.3) is 10.9 Å². The zero-order chi connectivity index (χ0) is 23.0. The van der Waals surface area contributed by atoms with Crippen LogP contribution in [0, 0.1) is 13.8 Å². The van der Waals surface area contributed by atoms with E-state index in [4.69, 9.17) is 0 Å². The summed E-state index contributed by atoms with van der Waals surface area (Å²) in [5.41, 5.74) is 4.27. The average molecular weight is 437 g/mol. The van der Waals surface area contributed by atoms with E-state index in [0.29, 0.717) is 17.8 Å². The number of anilines is 1. The molecule has 1 saturated heterocycles. The van der Waals surface area contributed by atoms with Crippen LogP contribution in [0.15, 0.2) is 30.5 Å². The first-order valence-electron chi connectivity index (χ1n) is 10.8. The number of aryl methyl sites for hydroxylation is 1. The lowest BCUT2D eigenvalue weighted by Gasteiger charge is -2.13. The molecule has 3 aromatic rings. The normalized spacial score (nSPS) is 16.3. The van der Waals surface area contributed by atoms with E-state index >= 15 is 0 Å². The zero-order valence-electron chi connectivity index (χ0n) is 18.7. The maximum Gasteiger partial charge on any atom is 0.324 e. The Kier molecular flexibility index (Phi) is 5.73. The Morgan fingerprint density at radius 3 is 2.69 bits per heavy atom. The van der Waals surface area contributed by atoms with Crippen LogP contribution in [0.1, 0.15) is 43.3 Å². The number of benzene rings is 1. The smallest absolute Gasteiger partial charge is 0.324 e. The molecule has 1 aliphatic heterocycles. The predicted octanol–water partition coefficient (Wildman–Crippen LogP) is 3.05. The second-order valence-corrected chi connectivity index (χ2v) is 8.44. The highest BCUT2D eigenvalue weighted by atomic mass is 16.2. The summed E-state index contributed by atoms with van der Waals surface area (Å²) >= 11 is 0. The van der Waals surface area contributed by atoms with E-state index in [9.17, 15) is 14.4 Å². The summed E-state index contributed by atoms with van der Waals surface area (Å²) in [5.74, 6) is -0.715. The van der Waals surface area contributed by atoms with Crippen molar-refractivity contribution in [3.05, 3.63) is 47.4 Å². The van der Waals surface area contributed by atoms with Crippen molar-refractivity contribution in [1.82, 2.24) is 25.0 Å². The van der Waals surface area contributed by atoms with Gasteiger partial charge in [-0.2, -0.15) is 5.10 Å². The highest BCUT2D eigenvalue weighted by molar-refractivity contribution is 6.07. The van der Waals surface area contributed by atoms with Gasteiger partial charge >= 0.3 is 6.03 Å². The minimum absolute atomic E-state index is 0.125. The lowest BCUT2D eigenvalue weighted by atomic mass is 10.1. The van der Waals surface area contributed by atoms with E-state index in [0.717, 1.165) is 22.2 Å². The molecule has 9 nitrogen and oxygen atoms in total. The molecule has 0 radical (unpaired) electrons. The Labute approximate surface area is 186 Å². The summed E-state index contributed by atoms with van der Waals surface area (Å²) in [4.78, 5) is 42.2. The van der Waals surface area contributed by atoms with Crippen molar-refractivity contribution in [3.8, 4) is 0 Å². The first-order valence-corrected chi connectivity index (χ1v) is 10.8. The molecule has 0 aliphatic carbocycles. The molecule has 1 atom stereocenters. The molecule has 2 aromatic heterocycles. The number of imide groups is 1. The molecule has 1 aliphatic rings. The summed E-state index contributed by atoms with van der Waals surface area (Å²) in [6, 6.07) is 6.73. The molecule has 3 N–H and O–H groups in total. The monoisotopic (exact) mass is 436 g/mol. The third-order valence-electron chi connectivity index (χ3n) is 5.85. The number of carbonyl (C=O) groups is 3. The van der Waals surface area contributed by atoms with Gasteiger partial charge in [-0.25, -0.2) is 4.79 Å². The maximum absolute atomic E-state index is 12.8. The molecule has 32 heavy (non-hydrogen) atoms. The summed E-state index contributed by atoms with van der Waals surface area (Å²) in [5, 5.41) is 11.0. The minimum Gasteiger partial charge on any atom is -0.361 e. The van der Waals surface area contributed by atoms with E-state index in [1.54, 1.807) is 0 Å². The average Bonchev–Trinajstić information content (AvgIpc) is 3.37. The van der Waals surface area contributed by atoms with Crippen molar-refractivity contribution in [2.24, 2.45) is 0 Å². The summed E-state index contributed by atoms with van der Waals surface area (Å²) in [6.07, 6.45) is 2.31. The van der Waals surface area contributed by atoms with E-state index in [1.807, 2.05) is 62.8 Å². The minimum atomic E-state index is -0.869. The van der Waals surface area contributed by atoms with Crippen molar-refractivity contribution in [1.29, 1.82) is 0 Å². The second kappa shape index (κ2) is 8.49. The van der Waals surface area contributed by atoms with Crippen LogP contribution in [0.5, 0.6) is 0 Å². The van der Waals surface area contributed by atoms with Crippen molar-refractivity contribution in [2.75, 3.05) is 11.9 Å². The molecule has 1 fully saturated rings. The summed E-state index contributed by atoms with van der Waals surface area (Å²) < 4.78 is 1.85. The van der Waals surface area contributed by atoms with Gasteiger partial charge in [-0.05, 0) is 45.7 Å². The number of aromatic nitrogens is 3. The Bertz CT molecular complexity index is 1190. The van der Waals surface area contributed by atoms with Gasteiger partial charge in [0.1, 0.15) is 6.04 Å². The quantitative estimate of drug-likeness (QED) is 0.494. The number of hydrogen-bond acceptors (Lipinski definition) is 4. The van der Waals surface area contributed by atoms with Crippen molar-refractivity contribution < 1.29 is 14.4 Å². The van der Waals surface area contributed by atoms with Gasteiger partial charge in [0.25, 0.3) is 5.91 Å². The van der Waals surface area contributed by atoms with Crippen molar-refractivity contribution in [2.45, 2.75) is 52.6 Å². The van der Waals surface area contributed by atoms with Crippen molar-refractivity contribution >= 4 is 34.4 Å². The fraction of sp³-hybridized carbons (Fsp3) is 0.391. The van der Waals surface area contributed by atoms with Gasteiger partial charge in [0.15, 0.2) is 0 Å². The van der Waals surface area contributed by atoms with E-state index in [-0.39, 0.29) is 30.8 Å². The fourth-order valence-electron chi connectivity index (χ4n) is 4.22. The Morgan fingerprint density at radius 2 is 1.97 bits per heavy atom. The number of nitrogens with one attached hydrogen (secondary N) is 3. The Balaban J connectivity index is 1.38. The molecule has 3 heterocycles. The third-order valence-corrected chi connectivity index (χ3v) is 5.85. The molecule has 4 rings (SSSR count). The molecule has 0 spiro atoms. The zero-order valence-corrected chi connectivity index (χ0v) is 18.7. The van der Waals surface area contributed by atoms with Crippen LogP contribution in [0.2, 0.25) is 0 Å². The van der Waals surface area contributed by atoms with Crippen LogP contribution in [-0.4, -0.2) is 50.1 Å². The van der Waals surface area contributed by atoms with Crippen LogP contribution in [0.3, 0.4) is 0 Å². The summed E-state index contributed by atoms with van der Waals surface area (Å²) in [6.45, 7) is 8.01. The van der Waals surface area contributed by atoms with Crippen LogP contribution >= 0.6 is 0 Å². The number of nitrogens with zero attached hydrogens (tertiary/aromatic N) is 3. The SMILES string of the molecule is Cc1nn(C(C)C)c(C)c1NC(=O)CC1NC(=O)N(CCc2c[nH]c3ccccc23)C1=O. The Morgan fingerprint density at radius 1 is 1.22 bits per heavy atom. The number of para-hydroxylation sites is 1. The van der Waals surface area contributed by atoms with Crippen LogP contribution < -0.4 is 10.6 Å². The standard InChI is InChI=1S/C23H28N6O3/c1-13(2)29-15(4)21(14(3)27-29)26-20(30)11-19-22(31)28(23(32)25-19)10-9-16-12-24-18-8-6-5-7-17(16)18/h5-8,12-13,19,24H,9-11H2,1-4H3,(H,25,32)(H,26,30). The second-order valence-electron chi connectivity index (χ2n) is 8.44. The predicted molar refractivity (Wildman–Crippen MR) is 121 cm³/mol. The fourth-order valence-corrected chi connectivity index (χ4v) is 4.22. The van der Waals surface area contributed by atoms with Gasteiger partial charge in [0.05, 0.1) is 23.5 Å². The number of urea groups is 1. The van der Waals surface area contributed by atoms with Gasteiger partial charge in [-0.1, -0.05) is 18.2 Å². The largest absolute Gasteiger partial charge is 0.361 e. The molecule has 0 bridgehead atoms. The third kappa shape index (κ3) is 3.98. The topological polar surface area (TPSA) is 112 Å². The van der Waals surface area contributed by atoms with Crippen LogP contribution in [0.4, 0.5) is 10.5 Å². The van der Waals surface area contributed by atoms with E-state index < -0.39 is 12.1 Å². The lowest BCUT2D eigenvalue weighted by molar-refractivity contribution is -0.129. The Hall–Kier alpha value is -3.62. The first-order chi connectivity index (χ1) is 15.3. The van der Waals surface area contributed by atoms with E-state index in [2.05, 4.69) is 20.7 Å². The molecule has 168 valence electrons. The van der Waals surface area contributed by atoms with Gasteiger partial charge in [0.2, 0.25) is 5.91 Å². The molecular formula is C23H28N6O3. The molecule has 1 aromatic carbocycles. The number of amides is 4. The molecule has 0 saturated carbocycles. The lowest BCUT2D eigenvalue weighted by Crippen LogP contribution is -2.35. The highest BCUT2D eigenvalue weighted by Gasteiger charge is 2.39. The highest BCUT2D eigenvalue weighted by Crippen LogP contribution is 2.23. The number of H-pyrrole nitrogens is 1. The number of rotatable bonds is 7. The first kappa shape index (κ1) is 21.6. The van der Waals surface area contributed by atoms with Gasteiger partial charge in [-0.3, -0.25) is 19.2 Å². The van der Waals surface area contributed by atoms with Crippen molar-refractivity contribution in [3.63, 3.8) is 0 Å². The molecule has 4 amide bonds. The molecular weight excluding hydrogens is 408 g/mol. The van der Waals surface area contributed by atoms with Gasteiger partial charge in [0, 0.05) is 29.7 Å². The van der Waals surface area contributed by atoms with Crippen LogP contribution in [-0.2, 0) is 16.0 Å². The number of hydrogen-bond donors (Lipinski definition) is 3. The maximum atomic E-state index is 12.8. The van der Waals surface area contributed by atoms with E-state index in [1.165, 1.54) is 4.90 Å². The molecule has 1 unspecified atom stereocenters.